The number of carbonyl (C=O) groups excluding carboxylic acids is 1. The van der Waals surface area contributed by atoms with Gasteiger partial charge >= 0.3 is 0 Å². The number of methoxy groups -OCH3 is 1. The molecule has 2 atom stereocenters. The van der Waals surface area contributed by atoms with Gasteiger partial charge in [0.05, 0.1) is 12.6 Å². The standard InChI is InChI=1S/C14H30N2O2/c1-11(2)7-6-8-12(3)16-13(4)14(17)15-9-10-18-5/h11-13,16H,6-10H2,1-5H3,(H,15,17). The van der Waals surface area contributed by atoms with Crippen LogP contribution in [0, 0.1) is 5.92 Å². The molecule has 0 rings (SSSR count). The normalized spacial score (nSPS) is 14.6. The summed E-state index contributed by atoms with van der Waals surface area (Å²) in [5.41, 5.74) is 0. The lowest BCUT2D eigenvalue weighted by molar-refractivity contribution is -0.123. The van der Waals surface area contributed by atoms with E-state index in [2.05, 4.69) is 31.4 Å². The van der Waals surface area contributed by atoms with Crippen LogP contribution in [-0.2, 0) is 9.53 Å². The van der Waals surface area contributed by atoms with E-state index in [0.29, 0.717) is 19.2 Å². The monoisotopic (exact) mass is 258 g/mol. The van der Waals surface area contributed by atoms with Crippen LogP contribution in [0.4, 0.5) is 0 Å². The van der Waals surface area contributed by atoms with Crippen LogP contribution in [0.1, 0.15) is 47.0 Å². The van der Waals surface area contributed by atoms with E-state index in [1.54, 1.807) is 7.11 Å². The Balaban J connectivity index is 3.70. The smallest absolute Gasteiger partial charge is 0.236 e. The van der Waals surface area contributed by atoms with Crippen molar-refractivity contribution >= 4 is 5.91 Å². The fraction of sp³-hybridized carbons (Fsp3) is 0.929. The summed E-state index contributed by atoms with van der Waals surface area (Å²) in [7, 11) is 1.63. The Bertz CT molecular complexity index is 220. The zero-order valence-electron chi connectivity index (χ0n) is 12.6. The zero-order valence-corrected chi connectivity index (χ0v) is 12.6. The molecule has 2 unspecified atom stereocenters. The van der Waals surface area contributed by atoms with Crippen LogP contribution >= 0.6 is 0 Å². The quantitative estimate of drug-likeness (QED) is 0.589. The van der Waals surface area contributed by atoms with Gasteiger partial charge in [-0.15, -0.1) is 0 Å². The minimum atomic E-state index is -0.143. The minimum Gasteiger partial charge on any atom is -0.383 e. The van der Waals surface area contributed by atoms with E-state index in [1.165, 1.54) is 12.8 Å². The van der Waals surface area contributed by atoms with Crippen molar-refractivity contribution in [3.63, 3.8) is 0 Å². The summed E-state index contributed by atoms with van der Waals surface area (Å²) in [6.07, 6.45) is 3.58. The Hall–Kier alpha value is -0.610. The second kappa shape index (κ2) is 10.3. The van der Waals surface area contributed by atoms with Gasteiger partial charge in [0, 0.05) is 19.7 Å². The summed E-state index contributed by atoms with van der Waals surface area (Å²) in [5.74, 6) is 0.801. The van der Waals surface area contributed by atoms with Gasteiger partial charge in [0.1, 0.15) is 0 Å². The van der Waals surface area contributed by atoms with Gasteiger partial charge in [0.15, 0.2) is 0 Å². The highest BCUT2D eigenvalue weighted by molar-refractivity contribution is 5.81. The summed E-state index contributed by atoms with van der Waals surface area (Å²) >= 11 is 0. The van der Waals surface area contributed by atoms with Crippen LogP contribution < -0.4 is 10.6 Å². The van der Waals surface area contributed by atoms with Crippen molar-refractivity contribution in [2.75, 3.05) is 20.3 Å². The molecule has 0 heterocycles. The van der Waals surface area contributed by atoms with E-state index < -0.39 is 0 Å². The van der Waals surface area contributed by atoms with Crippen molar-refractivity contribution < 1.29 is 9.53 Å². The first-order chi connectivity index (χ1) is 8.47. The highest BCUT2D eigenvalue weighted by atomic mass is 16.5. The molecule has 0 saturated heterocycles. The zero-order chi connectivity index (χ0) is 14.0. The van der Waals surface area contributed by atoms with E-state index in [-0.39, 0.29) is 11.9 Å². The van der Waals surface area contributed by atoms with E-state index in [0.717, 1.165) is 12.3 Å². The molecule has 0 aliphatic heterocycles. The van der Waals surface area contributed by atoms with Gasteiger partial charge in [-0.2, -0.15) is 0 Å². The highest BCUT2D eigenvalue weighted by Crippen LogP contribution is 2.08. The predicted octanol–water partition coefficient (Wildman–Crippen LogP) is 1.94. The van der Waals surface area contributed by atoms with Crippen LogP contribution in [-0.4, -0.2) is 38.3 Å². The van der Waals surface area contributed by atoms with Crippen molar-refractivity contribution in [3.05, 3.63) is 0 Å². The Morgan fingerprint density at radius 3 is 2.39 bits per heavy atom. The molecular weight excluding hydrogens is 228 g/mol. The molecule has 0 fully saturated rings. The summed E-state index contributed by atoms with van der Waals surface area (Å²) < 4.78 is 4.89. The maximum Gasteiger partial charge on any atom is 0.236 e. The molecule has 0 aromatic rings. The lowest BCUT2D eigenvalue weighted by Crippen LogP contribution is -2.46. The Kier molecular flexibility index (Phi) is 9.98. The molecule has 0 aliphatic carbocycles. The fourth-order valence-electron chi connectivity index (χ4n) is 1.85. The summed E-state index contributed by atoms with van der Waals surface area (Å²) in [6.45, 7) is 9.65. The van der Waals surface area contributed by atoms with Crippen LogP contribution in [0.25, 0.3) is 0 Å². The average Bonchev–Trinajstić information content (AvgIpc) is 2.28. The Labute approximate surface area is 112 Å². The number of amides is 1. The van der Waals surface area contributed by atoms with E-state index in [4.69, 9.17) is 4.74 Å². The second-order valence-electron chi connectivity index (χ2n) is 5.40. The summed E-state index contributed by atoms with van der Waals surface area (Å²) in [5, 5.41) is 6.16. The predicted molar refractivity (Wildman–Crippen MR) is 75.6 cm³/mol. The van der Waals surface area contributed by atoms with Gasteiger partial charge in [-0.3, -0.25) is 4.79 Å². The molecule has 0 aromatic heterocycles. The van der Waals surface area contributed by atoms with E-state index in [1.807, 2.05) is 6.92 Å². The van der Waals surface area contributed by atoms with Gasteiger partial charge in [-0.05, 0) is 26.2 Å². The number of ether oxygens (including phenoxy) is 1. The van der Waals surface area contributed by atoms with Crippen molar-refractivity contribution in [1.29, 1.82) is 0 Å². The lowest BCUT2D eigenvalue weighted by Gasteiger charge is -2.20. The van der Waals surface area contributed by atoms with E-state index in [9.17, 15) is 4.79 Å². The summed E-state index contributed by atoms with van der Waals surface area (Å²) in [6, 6.07) is 0.239. The molecule has 0 radical (unpaired) electrons. The van der Waals surface area contributed by atoms with E-state index >= 15 is 0 Å². The molecule has 0 aliphatic rings. The largest absolute Gasteiger partial charge is 0.383 e. The number of rotatable bonds is 10. The van der Waals surface area contributed by atoms with Crippen molar-refractivity contribution in [2.45, 2.75) is 59.0 Å². The van der Waals surface area contributed by atoms with Crippen molar-refractivity contribution in [1.82, 2.24) is 10.6 Å². The first kappa shape index (κ1) is 17.4. The number of carbonyl (C=O) groups is 1. The van der Waals surface area contributed by atoms with Crippen LogP contribution in [0.15, 0.2) is 0 Å². The average molecular weight is 258 g/mol. The Morgan fingerprint density at radius 1 is 1.17 bits per heavy atom. The molecule has 108 valence electrons. The molecule has 0 saturated carbocycles. The van der Waals surface area contributed by atoms with Gasteiger partial charge in [0.25, 0.3) is 0 Å². The van der Waals surface area contributed by atoms with Crippen LogP contribution in [0.2, 0.25) is 0 Å². The molecule has 4 heteroatoms. The molecule has 0 aromatic carbocycles. The van der Waals surface area contributed by atoms with Gasteiger partial charge in [-0.25, -0.2) is 0 Å². The minimum absolute atomic E-state index is 0.0442. The third-order valence-electron chi connectivity index (χ3n) is 2.95. The molecule has 1 amide bonds. The first-order valence-corrected chi connectivity index (χ1v) is 7.00. The molecule has 0 bridgehead atoms. The molecule has 2 N–H and O–H groups in total. The SMILES string of the molecule is COCCNC(=O)C(C)NC(C)CCCC(C)C. The molecule has 0 spiro atoms. The van der Waals surface area contributed by atoms with Gasteiger partial charge in [0.2, 0.25) is 5.91 Å². The highest BCUT2D eigenvalue weighted by Gasteiger charge is 2.14. The molecule has 18 heavy (non-hydrogen) atoms. The fourth-order valence-corrected chi connectivity index (χ4v) is 1.85. The number of hydrogen-bond acceptors (Lipinski definition) is 3. The van der Waals surface area contributed by atoms with Crippen LogP contribution in [0.3, 0.4) is 0 Å². The maximum atomic E-state index is 11.7. The Morgan fingerprint density at radius 2 is 1.83 bits per heavy atom. The third-order valence-corrected chi connectivity index (χ3v) is 2.95. The topological polar surface area (TPSA) is 50.4 Å². The van der Waals surface area contributed by atoms with Crippen molar-refractivity contribution in [3.8, 4) is 0 Å². The van der Waals surface area contributed by atoms with Gasteiger partial charge < -0.3 is 15.4 Å². The first-order valence-electron chi connectivity index (χ1n) is 7.00. The summed E-state index contributed by atoms with van der Waals surface area (Å²) in [4.78, 5) is 11.7. The molecule has 4 nitrogen and oxygen atoms in total. The lowest BCUT2D eigenvalue weighted by atomic mass is 10.0. The number of hydrogen-bond donors (Lipinski definition) is 2. The number of nitrogens with one attached hydrogen (secondary N) is 2. The van der Waals surface area contributed by atoms with Crippen LogP contribution in [0.5, 0.6) is 0 Å². The maximum absolute atomic E-state index is 11.7. The molecular formula is C14H30N2O2. The second-order valence-corrected chi connectivity index (χ2v) is 5.40. The van der Waals surface area contributed by atoms with Gasteiger partial charge in [-0.1, -0.05) is 26.7 Å². The third kappa shape index (κ3) is 9.42. The van der Waals surface area contributed by atoms with Crippen molar-refractivity contribution in [2.24, 2.45) is 5.92 Å².